The van der Waals surface area contributed by atoms with E-state index in [4.69, 9.17) is 15.6 Å². The third-order valence-corrected chi connectivity index (χ3v) is 4.35. The molecular weight excluding hydrogens is 316 g/mol. The molecule has 2 rings (SSSR count). The van der Waals surface area contributed by atoms with Crippen LogP contribution in [-0.4, -0.2) is 29.8 Å². The van der Waals surface area contributed by atoms with E-state index < -0.39 is 5.54 Å². The van der Waals surface area contributed by atoms with Crippen LogP contribution in [0.1, 0.15) is 38.2 Å². The van der Waals surface area contributed by atoms with Crippen molar-refractivity contribution < 1.29 is 14.6 Å². The number of hydrogen-bond acceptors (Lipinski definition) is 4. The summed E-state index contributed by atoms with van der Waals surface area (Å²) < 4.78 is 5.48. The number of rotatable bonds is 6. The first-order valence-corrected chi connectivity index (χ1v) is 7.93. The van der Waals surface area contributed by atoms with Crippen molar-refractivity contribution in [1.82, 2.24) is 5.32 Å². The van der Waals surface area contributed by atoms with E-state index in [2.05, 4.69) is 5.32 Å². The third-order valence-electron chi connectivity index (χ3n) is 4.35. The Morgan fingerprint density at radius 1 is 1.43 bits per heavy atom. The van der Waals surface area contributed by atoms with Gasteiger partial charge in [0.1, 0.15) is 12.4 Å². The molecule has 1 amide bonds. The van der Waals surface area contributed by atoms with Gasteiger partial charge in [0.05, 0.1) is 12.5 Å². The van der Waals surface area contributed by atoms with E-state index in [0.717, 1.165) is 31.2 Å². The van der Waals surface area contributed by atoms with Gasteiger partial charge in [0.2, 0.25) is 5.91 Å². The van der Waals surface area contributed by atoms with Crippen molar-refractivity contribution in [3.63, 3.8) is 0 Å². The maximum absolute atomic E-state index is 12.4. The fourth-order valence-electron chi connectivity index (χ4n) is 3.04. The van der Waals surface area contributed by atoms with Gasteiger partial charge in [-0.15, -0.1) is 12.4 Å². The average Bonchev–Trinajstić information content (AvgIpc) is 2.51. The molecule has 0 saturated heterocycles. The molecule has 5 nitrogen and oxygen atoms in total. The first kappa shape index (κ1) is 19.7. The number of halogens is 1. The van der Waals surface area contributed by atoms with Gasteiger partial charge in [-0.25, -0.2) is 0 Å². The predicted octanol–water partition coefficient (Wildman–Crippen LogP) is 2.00. The summed E-state index contributed by atoms with van der Waals surface area (Å²) in [7, 11) is 0. The van der Waals surface area contributed by atoms with E-state index in [-0.39, 0.29) is 37.4 Å². The number of aliphatic hydroxyl groups excluding tert-OH is 1. The predicted molar refractivity (Wildman–Crippen MR) is 92.7 cm³/mol. The van der Waals surface area contributed by atoms with Gasteiger partial charge in [-0.2, -0.15) is 0 Å². The number of benzene rings is 1. The molecule has 2 unspecified atom stereocenters. The van der Waals surface area contributed by atoms with Gasteiger partial charge in [-0.3, -0.25) is 4.79 Å². The van der Waals surface area contributed by atoms with Crippen LogP contribution in [0.3, 0.4) is 0 Å². The quantitative estimate of drug-likeness (QED) is 0.738. The van der Waals surface area contributed by atoms with Crippen molar-refractivity contribution in [2.24, 2.45) is 11.7 Å². The molecule has 0 spiro atoms. The summed E-state index contributed by atoms with van der Waals surface area (Å²) in [6, 6.07) is 7.53. The van der Waals surface area contributed by atoms with Crippen LogP contribution in [0.4, 0.5) is 0 Å². The van der Waals surface area contributed by atoms with E-state index in [9.17, 15) is 4.79 Å². The number of nitrogens with one attached hydrogen (secondary N) is 1. The Labute approximate surface area is 144 Å². The molecule has 0 radical (unpaired) electrons. The van der Waals surface area contributed by atoms with Crippen LogP contribution in [0.5, 0.6) is 5.75 Å². The molecule has 2 atom stereocenters. The van der Waals surface area contributed by atoms with Crippen LogP contribution in [0.25, 0.3) is 0 Å². The van der Waals surface area contributed by atoms with Crippen LogP contribution in [0, 0.1) is 5.92 Å². The summed E-state index contributed by atoms with van der Waals surface area (Å²) in [5.74, 6) is 0.574. The van der Waals surface area contributed by atoms with E-state index in [0.29, 0.717) is 12.3 Å². The highest BCUT2D eigenvalue weighted by molar-refractivity contribution is 5.85. The van der Waals surface area contributed by atoms with E-state index in [1.54, 1.807) is 0 Å². The number of ether oxygens (including phenoxy) is 1. The Hall–Kier alpha value is -1.30. The summed E-state index contributed by atoms with van der Waals surface area (Å²) >= 11 is 0. The second kappa shape index (κ2) is 9.11. The number of nitrogens with two attached hydrogens (primary N) is 1. The number of hydrogen-bond donors (Lipinski definition) is 3. The molecule has 130 valence electrons. The van der Waals surface area contributed by atoms with Crippen molar-refractivity contribution in [1.29, 1.82) is 0 Å². The largest absolute Gasteiger partial charge is 0.491 e. The highest BCUT2D eigenvalue weighted by atomic mass is 35.5. The Morgan fingerprint density at radius 2 is 2.17 bits per heavy atom. The molecular formula is C17H27ClN2O3. The summed E-state index contributed by atoms with van der Waals surface area (Å²) in [6.45, 7) is 2.59. The molecule has 1 aliphatic rings. The zero-order valence-corrected chi connectivity index (χ0v) is 14.4. The van der Waals surface area contributed by atoms with Crippen LogP contribution in [0.2, 0.25) is 0 Å². The molecule has 1 fully saturated rings. The van der Waals surface area contributed by atoms with Crippen molar-refractivity contribution >= 4 is 18.3 Å². The van der Waals surface area contributed by atoms with Crippen LogP contribution in [-0.2, 0) is 11.3 Å². The van der Waals surface area contributed by atoms with Crippen LogP contribution >= 0.6 is 12.4 Å². The monoisotopic (exact) mass is 342 g/mol. The lowest BCUT2D eigenvalue weighted by Gasteiger charge is -2.37. The standard InChI is InChI=1S/C17H26N2O3.ClH/c1-17(18)9-5-4-7-14(17)16(21)19-12-13-6-2-3-8-15(13)22-11-10-20;/h2-3,6,8,14,20H,4-5,7,9-12,18H2,1H3,(H,19,21);1H. The van der Waals surface area contributed by atoms with Crippen LogP contribution < -0.4 is 15.8 Å². The lowest BCUT2D eigenvalue weighted by molar-refractivity contribution is -0.128. The van der Waals surface area contributed by atoms with Crippen molar-refractivity contribution in [3.05, 3.63) is 29.8 Å². The molecule has 0 aliphatic heterocycles. The second-order valence-corrected chi connectivity index (χ2v) is 6.20. The molecule has 23 heavy (non-hydrogen) atoms. The maximum Gasteiger partial charge on any atom is 0.225 e. The minimum absolute atomic E-state index is 0. The first-order valence-electron chi connectivity index (χ1n) is 7.93. The molecule has 1 aliphatic carbocycles. The second-order valence-electron chi connectivity index (χ2n) is 6.20. The highest BCUT2D eigenvalue weighted by Gasteiger charge is 2.37. The summed E-state index contributed by atoms with van der Waals surface area (Å²) in [4.78, 5) is 12.4. The van der Waals surface area contributed by atoms with Gasteiger partial charge in [0.25, 0.3) is 0 Å². The molecule has 1 saturated carbocycles. The molecule has 4 N–H and O–H groups in total. The van der Waals surface area contributed by atoms with E-state index >= 15 is 0 Å². The van der Waals surface area contributed by atoms with Gasteiger partial charge in [0.15, 0.2) is 0 Å². The van der Waals surface area contributed by atoms with Gasteiger partial charge in [-0.1, -0.05) is 31.0 Å². The Morgan fingerprint density at radius 3 is 2.87 bits per heavy atom. The smallest absolute Gasteiger partial charge is 0.225 e. The van der Waals surface area contributed by atoms with Gasteiger partial charge in [0, 0.05) is 17.6 Å². The normalized spacial score (nSPS) is 23.7. The molecule has 0 heterocycles. The van der Waals surface area contributed by atoms with E-state index in [1.807, 2.05) is 31.2 Å². The molecule has 6 heteroatoms. The zero-order chi connectivity index (χ0) is 16.0. The Balaban J connectivity index is 0.00000264. The minimum atomic E-state index is -0.421. The molecule has 0 aromatic heterocycles. The van der Waals surface area contributed by atoms with Gasteiger partial charge < -0.3 is 20.9 Å². The zero-order valence-electron chi connectivity index (χ0n) is 13.6. The Bertz CT molecular complexity index is 508. The van der Waals surface area contributed by atoms with Crippen molar-refractivity contribution in [2.75, 3.05) is 13.2 Å². The fraction of sp³-hybridized carbons (Fsp3) is 0.588. The number of carbonyl (C=O) groups is 1. The third kappa shape index (κ3) is 5.37. The van der Waals surface area contributed by atoms with Crippen LogP contribution in [0.15, 0.2) is 24.3 Å². The topological polar surface area (TPSA) is 84.6 Å². The highest BCUT2D eigenvalue weighted by Crippen LogP contribution is 2.31. The number of aliphatic hydroxyl groups is 1. The lowest BCUT2D eigenvalue weighted by atomic mass is 9.74. The number of amides is 1. The molecule has 1 aromatic rings. The van der Waals surface area contributed by atoms with Gasteiger partial charge >= 0.3 is 0 Å². The number of para-hydroxylation sites is 1. The summed E-state index contributed by atoms with van der Waals surface area (Å²) in [6.07, 6.45) is 3.89. The summed E-state index contributed by atoms with van der Waals surface area (Å²) in [5.41, 5.74) is 6.75. The minimum Gasteiger partial charge on any atom is -0.491 e. The van der Waals surface area contributed by atoms with E-state index in [1.165, 1.54) is 0 Å². The van der Waals surface area contributed by atoms with Gasteiger partial charge in [-0.05, 0) is 25.8 Å². The average molecular weight is 343 g/mol. The molecule has 1 aromatic carbocycles. The Kier molecular flexibility index (Phi) is 7.82. The van der Waals surface area contributed by atoms with Crippen molar-refractivity contribution in [3.8, 4) is 5.75 Å². The number of carbonyl (C=O) groups excluding carboxylic acids is 1. The fourth-order valence-corrected chi connectivity index (χ4v) is 3.04. The summed E-state index contributed by atoms with van der Waals surface area (Å²) in [5, 5.41) is 11.8. The maximum atomic E-state index is 12.4. The lowest BCUT2D eigenvalue weighted by Crippen LogP contribution is -2.52. The SMILES string of the molecule is CC1(N)CCCCC1C(=O)NCc1ccccc1OCCO.Cl. The first-order chi connectivity index (χ1) is 10.5. The van der Waals surface area contributed by atoms with Crippen molar-refractivity contribution in [2.45, 2.75) is 44.7 Å². The molecule has 0 bridgehead atoms.